The molecule has 0 bridgehead atoms. The van der Waals surface area contributed by atoms with E-state index in [9.17, 15) is 9.59 Å². The normalized spacial score (nSPS) is 12.4. The van der Waals surface area contributed by atoms with Gasteiger partial charge in [-0.1, -0.05) is 6.07 Å². The zero-order valence-electron chi connectivity index (χ0n) is 9.84. The molecule has 0 radical (unpaired) electrons. The molecule has 1 unspecified atom stereocenters. The third-order valence-electron chi connectivity index (χ3n) is 2.45. The van der Waals surface area contributed by atoms with Crippen LogP contribution < -0.4 is 5.32 Å². The molecule has 0 saturated carbocycles. The van der Waals surface area contributed by atoms with Gasteiger partial charge in [0.2, 0.25) is 5.91 Å². The molecule has 1 atom stereocenters. The zero-order chi connectivity index (χ0) is 12.8. The molecule has 0 aliphatic rings. The van der Waals surface area contributed by atoms with Gasteiger partial charge in [0.25, 0.3) is 0 Å². The van der Waals surface area contributed by atoms with Gasteiger partial charge in [-0.05, 0) is 25.4 Å². The smallest absolute Gasteiger partial charge is 0.320 e. The van der Waals surface area contributed by atoms with Gasteiger partial charge < -0.3 is 10.4 Å². The van der Waals surface area contributed by atoms with Crippen LogP contribution in [0.5, 0.6) is 0 Å². The third kappa shape index (κ3) is 4.54. The number of amides is 1. The summed E-state index contributed by atoms with van der Waals surface area (Å²) in [7, 11) is 1.61. The van der Waals surface area contributed by atoms with Gasteiger partial charge >= 0.3 is 5.97 Å². The standard InChI is InChI=1S/C11H16N2O3S/c1-8(11(15)16)13(2)7-10(14)12-6-9-4-3-5-17-9/h3-5,8H,6-7H2,1-2H3,(H,12,14)(H,15,16). The fourth-order valence-electron chi connectivity index (χ4n) is 1.21. The number of aliphatic carboxylic acids is 1. The summed E-state index contributed by atoms with van der Waals surface area (Å²) in [4.78, 5) is 24.8. The number of carboxylic acid groups (broad SMARTS) is 1. The van der Waals surface area contributed by atoms with E-state index in [0.717, 1.165) is 4.88 Å². The predicted octanol–water partition coefficient (Wildman–Crippen LogP) is 0.769. The number of carboxylic acids is 1. The number of hydrogen-bond donors (Lipinski definition) is 2. The first kappa shape index (κ1) is 13.7. The lowest BCUT2D eigenvalue weighted by molar-refractivity contribution is -0.142. The third-order valence-corrected chi connectivity index (χ3v) is 3.33. The molecule has 17 heavy (non-hydrogen) atoms. The minimum Gasteiger partial charge on any atom is -0.480 e. The van der Waals surface area contributed by atoms with Crippen LogP contribution in [0.25, 0.3) is 0 Å². The Morgan fingerprint density at radius 1 is 1.59 bits per heavy atom. The topological polar surface area (TPSA) is 69.6 Å². The van der Waals surface area contributed by atoms with Crippen molar-refractivity contribution in [3.05, 3.63) is 22.4 Å². The van der Waals surface area contributed by atoms with Gasteiger partial charge in [-0.3, -0.25) is 14.5 Å². The van der Waals surface area contributed by atoms with Gasteiger partial charge in [-0.2, -0.15) is 0 Å². The Bertz CT molecular complexity index is 378. The van der Waals surface area contributed by atoms with E-state index in [4.69, 9.17) is 5.11 Å². The summed E-state index contributed by atoms with van der Waals surface area (Å²) in [5.74, 6) is -1.10. The summed E-state index contributed by atoms with van der Waals surface area (Å²) < 4.78 is 0. The van der Waals surface area contributed by atoms with Gasteiger partial charge in [0, 0.05) is 4.88 Å². The highest BCUT2D eigenvalue weighted by Gasteiger charge is 2.18. The minimum atomic E-state index is -0.932. The highest BCUT2D eigenvalue weighted by Crippen LogP contribution is 2.07. The van der Waals surface area contributed by atoms with Crippen molar-refractivity contribution in [2.24, 2.45) is 0 Å². The number of thiophene rings is 1. The van der Waals surface area contributed by atoms with Gasteiger partial charge in [0.1, 0.15) is 6.04 Å². The lowest BCUT2D eigenvalue weighted by Gasteiger charge is -2.20. The first-order valence-corrected chi connectivity index (χ1v) is 6.11. The van der Waals surface area contributed by atoms with E-state index in [1.807, 2.05) is 17.5 Å². The summed E-state index contributed by atoms with van der Waals surface area (Å²) in [6.07, 6.45) is 0. The van der Waals surface area contributed by atoms with Crippen molar-refractivity contribution in [2.45, 2.75) is 19.5 Å². The van der Waals surface area contributed by atoms with Gasteiger partial charge in [-0.15, -0.1) is 11.3 Å². The number of carbonyl (C=O) groups is 2. The molecule has 0 saturated heterocycles. The molecule has 6 heteroatoms. The van der Waals surface area contributed by atoms with Crippen LogP contribution in [0.1, 0.15) is 11.8 Å². The maximum absolute atomic E-state index is 11.5. The highest BCUT2D eigenvalue weighted by atomic mass is 32.1. The van der Waals surface area contributed by atoms with Crippen molar-refractivity contribution in [2.75, 3.05) is 13.6 Å². The first-order valence-electron chi connectivity index (χ1n) is 5.23. The Morgan fingerprint density at radius 2 is 2.29 bits per heavy atom. The Hall–Kier alpha value is -1.40. The molecule has 1 rings (SSSR count). The summed E-state index contributed by atoms with van der Waals surface area (Å²) >= 11 is 1.57. The van der Waals surface area contributed by atoms with Crippen LogP contribution in [0.15, 0.2) is 17.5 Å². The molecule has 0 aliphatic heterocycles. The fraction of sp³-hybridized carbons (Fsp3) is 0.455. The van der Waals surface area contributed by atoms with E-state index in [1.54, 1.807) is 25.3 Å². The Kier molecular flexibility index (Phi) is 5.11. The molecule has 2 N–H and O–H groups in total. The van der Waals surface area contributed by atoms with Crippen LogP contribution in [0.4, 0.5) is 0 Å². The minimum absolute atomic E-state index is 0.0822. The molecule has 0 aromatic carbocycles. The van der Waals surface area contributed by atoms with Crippen LogP contribution in [0.3, 0.4) is 0 Å². The van der Waals surface area contributed by atoms with E-state index in [0.29, 0.717) is 6.54 Å². The predicted molar refractivity (Wildman–Crippen MR) is 65.9 cm³/mol. The van der Waals surface area contributed by atoms with Crippen molar-refractivity contribution in [1.29, 1.82) is 0 Å². The van der Waals surface area contributed by atoms with E-state index < -0.39 is 12.0 Å². The van der Waals surface area contributed by atoms with Gasteiger partial charge in [-0.25, -0.2) is 0 Å². The second kappa shape index (κ2) is 6.36. The fourth-order valence-corrected chi connectivity index (χ4v) is 1.85. The van der Waals surface area contributed by atoms with E-state index in [-0.39, 0.29) is 12.5 Å². The number of nitrogens with one attached hydrogen (secondary N) is 1. The van der Waals surface area contributed by atoms with Gasteiger partial charge in [0.05, 0.1) is 13.1 Å². The number of likely N-dealkylation sites (N-methyl/N-ethyl adjacent to an activating group) is 1. The molecule has 1 aromatic rings. The maximum atomic E-state index is 11.5. The Morgan fingerprint density at radius 3 is 2.82 bits per heavy atom. The van der Waals surface area contributed by atoms with Crippen molar-refractivity contribution in [3.63, 3.8) is 0 Å². The zero-order valence-corrected chi connectivity index (χ0v) is 10.7. The molecule has 1 heterocycles. The average molecular weight is 256 g/mol. The SMILES string of the molecule is CC(C(=O)O)N(C)CC(=O)NCc1cccs1. The Balaban J connectivity index is 2.32. The summed E-state index contributed by atoms with van der Waals surface area (Å²) in [5.41, 5.74) is 0. The summed E-state index contributed by atoms with van der Waals surface area (Å²) in [5, 5.41) is 13.5. The van der Waals surface area contributed by atoms with Crippen LogP contribution in [0.2, 0.25) is 0 Å². The molecular formula is C11H16N2O3S. The van der Waals surface area contributed by atoms with Crippen molar-refractivity contribution >= 4 is 23.2 Å². The first-order chi connectivity index (χ1) is 8.00. The average Bonchev–Trinajstić information content (AvgIpc) is 2.77. The Labute approximate surface area is 104 Å². The van der Waals surface area contributed by atoms with Crippen LogP contribution in [0, 0.1) is 0 Å². The summed E-state index contributed by atoms with van der Waals surface area (Å²) in [6, 6.07) is 3.20. The molecule has 94 valence electrons. The van der Waals surface area contributed by atoms with Crippen LogP contribution >= 0.6 is 11.3 Å². The quantitative estimate of drug-likeness (QED) is 0.788. The molecule has 0 fully saturated rings. The van der Waals surface area contributed by atoms with Crippen LogP contribution in [-0.4, -0.2) is 41.5 Å². The molecule has 1 amide bonds. The van der Waals surface area contributed by atoms with E-state index in [2.05, 4.69) is 5.32 Å². The number of nitrogens with zero attached hydrogens (tertiary/aromatic N) is 1. The molecular weight excluding hydrogens is 240 g/mol. The monoisotopic (exact) mass is 256 g/mol. The second-order valence-electron chi connectivity index (χ2n) is 3.79. The van der Waals surface area contributed by atoms with E-state index in [1.165, 1.54) is 4.90 Å². The lowest BCUT2D eigenvalue weighted by atomic mass is 10.3. The molecule has 0 spiro atoms. The lowest BCUT2D eigenvalue weighted by Crippen LogP contribution is -2.42. The van der Waals surface area contributed by atoms with Gasteiger partial charge in [0.15, 0.2) is 0 Å². The largest absolute Gasteiger partial charge is 0.480 e. The maximum Gasteiger partial charge on any atom is 0.320 e. The summed E-state index contributed by atoms with van der Waals surface area (Å²) in [6.45, 7) is 2.12. The molecule has 5 nitrogen and oxygen atoms in total. The molecule has 0 aliphatic carbocycles. The second-order valence-corrected chi connectivity index (χ2v) is 4.82. The van der Waals surface area contributed by atoms with Crippen molar-refractivity contribution < 1.29 is 14.7 Å². The number of rotatable bonds is 6. The van der Waals surface area contributed by atoms with Crippen molar-refractivity contribution in [3.8, 4) is 0 Å². The number of hydrogen-bond acceptors (Lipinski definition) is 4. The van der Waals surface area contributed by atoms with E-state index >= 15 is 0 Å². The van der Waals surface area contributed by atoms with Crippen molar-refractivity contribution in [1.82, 2.24) is 10.2 Å². The number of carbonyl (C=O) groups excluding carboxylic acids is 1. The highest BCUT2D eigenvalue weighted by molar-refractivity contribution is 7.09. The van der Waals surface area contributed by atoms with Crippen LogP contribution in [-0.2, 0) is 16.1 Å². The molecule has 1 aromatic heterocycles.